The average molecular weight is 760 g/mol. The van der Waals surface area contributed by atoms with Crippen molar-refractivity contribution in [1.82, 2.24) is 0 Å². The molecule has 3 nitrogen and oxygen atoms in total. The third kappa shape index (κ3) is 4.94. The van der Waals surface area contributed by atoms with Gasteiger partial charge in [-0.15, -0.1) is 0 Å². The van der Waals surface area contributed by atoms with Crippen LogP contribution in [0.1, 0.15) is 49.9 Å². The lowest BCUT2D eigenvalue weighted by atomic mass is 9.80. The van der Waals surface area contributed by atoms with Gasteiger partial charge in [0.05, 0.1) is 0 Å². The summed E-state index contributed by atoms with van der Waals surface area (Å²) < 4.78 is 12.6. The lowest BCUT2D eigenvalue weighted by Crippen LogP contribution is -2.16. The highest BCUT2D eigenvalue weighted by Crippen LogP contribution is 2.54. The first-order valence-electron chi connectivity index (χ1n) is 20.6. The molecule has 0 saturated carbocycles. The van der Waals surface area contributed by atoms with Gasteiger partial charge in [-0.05, 0) is 117 Å². The van der Waals surface area contributed by atoms with Crippen LogP contribution >= 0.6 is 0 Å². The molecule has 10 aromatic rings. The van der Waals surface area contributed by atoms with E-state index in [2.05, 4.69) is 190 Å². The first-order chi connectivity index (χ1) is 28.7. The zero-order chi connectivity index (χ0) is 39.6. The zero-order valence-electron chi connectivity index (χ0n) is 33.5. The molecule has 59 heavy (non-hydrogen) atoms. The summed E-state index contributed by atoms with van der Waals surface area (Å²) in [6.07, 6.45) is 0. The van der Waals surface area contributed by atoms with Gasteiger partial charge in [0.1, 0.15) is 22.5 Å². The van der Waals surface area contributed by atoms with E-state index in [0.717, 1.165) is 61.5 Å². The molecule has 0 spiro atoms. The van der Waals surface area contributed by atoms with E-state index in [0.29, 0.717) is 0 Å². The van der Waals surface area contributed by atoms with Crippen molar-refractivity contribution in [2.24, 2.45) is 0 Å². The van der Waals surface area contributed by atoms with E-state index in [-0.39, 0.29) is 10.8 Å². The van der Waals surface area contributed by atoms with Crippen molar-refractivity contribution in [2.45, 2.75) is 38.5 Å². The highest BCUT2D eigenvalue weighted by molar-refractivity contribution is 6.06. The molecule has 0 radical (unpaired) electrons. The van der Waals surface area contributed by atoms with Crippen LogP contribution in [0.15, 0.2) is 185 Å². The molecule has 282 valence electrons. The van der Waals surface area contributed by atoms with Crippen LogP contribution in [0.5, 0.6) is 0 Å². The topological polar surface area (TPSA) is 29.5 Å². The van der Waals surface area contributed by atoms with Crippen LogP contribution in [0.4, 0.5) is 17.1 Å². The molecule has 2 aromatic heterocycles. The maximum absolute atomic E-state index is 6.46. The lowest BCUT2D eigenvalue weighted by molar-refractivity contribution is 0.619. The van der Waals surface area contributed by atoms with Gasteiger partial charge >= 0.3 is 0 Å². The number of rotatable bonds is 5. The number of benzene rings is 8. The summed E-state index contributed by atoms with van der Waals surface area (Å²) in [5.74, 6) is 1.01. The van der Waals surface area contributed by atoms with Gasteiger partial charge in [0.15, 0.2) is 0 Å². The zero-order valence-corrected chi connectivity index (χ0v) is 33.5. The lowest BCUT2D eigenvalue weighted by Gasteiger charge is -2.28. The highest BCUT2D eigenvalue weighted by Gasteiger charge is 2.40. The molecule has 0 fully saturated rings. The van der Waals surface area contributed by atoms with Gasteiger partial charge in [0, 0.05) is 55.2 Å². The number of hydrogen-bond donors (Lipinski definition) is 0. The van der Waals surface area contributed by atoms with Crippen LogP contribution in [-0.4, -0.2) is 0 Å². The molecule has 2 aliphatic carbocycles. The van der Waals surface area contributed by atoms with Crippen LogP contribution in [-0.2, 0) is 10.8 Å². The van der Waals surface area contributed by atoms with E-state index in [1.807, 2.05) is 18.2 Å². The predicted octanol–water partition coefficient (Wildman–Crippen LogP) is 15.7. The van der Waals surface area contributed by atoms with Crippen molar-refractivity contribution in [3.63, 3.8) is 0 Å². The Morgan fingerprint density at radius 1 is 0.356 bits per heavy atom. The molecule has 2 aliphatic rings. The summed E-state index contributed by atoms with van der Waals surface area (Å²) in [6, 6.07) is 64.0. The Labute approximate surface area is 343 Å². The Kier molecular flexibility index (Phi) is 7.03. The fraction of sp³-hybridized carbons (Fsp3) is 0.107. The van der Waals surface area contributed by atoms with Crippen molar-refractivity contribution in [1.29, 1.82) is 0 Å². The fourth-order valence-electron chi connectivity index (χ4n) is 10.2. The standard InChI is InChI=1S/C56H41NO2/c1-55(2)47-14-8-5-11-41(47)42-29-27-40(33-49(42)55)57(38-23-17-34(18-24-38)36-22-30-52-46(31-36)43-12-6-9-15-50(43)58-52)39-25-19-35(20-26-39)37-21-28-44-48(32-37)56(3,4)53-45-13-7-10-16-51(45)59-54(44)53/h5-33H,1-4H3. The Bertz CT molecular complexity index is 3320. The van der Waals surface area contributed by atoms with Gasteiger partial charge in [-0.25, -0.2) is 0 Å². The minimum absolute atomic E-state index is 0.110. The van der Waals surface area contributed by atoms with Crippen LogP contribution in [0, 0.1) is 0 Å². The number of para-hydroxylation sites is 2. The fourth-order valence-corrected chi connectivity index (χ4v) is 10.2. The maximum atomic E-state index is 6.46. The maximum Gasteiger partial charge on any atom is 0.139 e. The van der Waals surface area contributed by atoms with Gasteiger partial charge in [0.25, 0.3) is 0 Å². The normalized spacial score (nSPS) is 14.4. The van der Waals surface area contributed by atoms with Gasteiger partial charge in [-0.1, -0.05) is 137 Å². The average Bonchev–Trinajstić information content (AvgIpc) is 3.97. The van der Waals surface area contributed by atoms with E-state index in [4.69, 9.17) is 8.83 Å². The largest absolute Gasteiger partial charge is 0.456 e. The van der Waals surface area contributed by atoms with Crippen LogP contribution < -0.4 is 4.90 Å². The minimum atomic E-state index is -0.171. The van der Waals surface area contributed by atoms with Gasteiger partial charge in [-0.3, -0.25) is 0 Å². The second-order valence-corrected chi connectivity index (χ2v) is 17.3. The molecular weight excluding hydrogens is 719 g/mol. The van der Waals surface area contributed by atoms with Crippen molar-refractivity contribution < 1.29 is 8.83 Å². The quantitative estimate of drug-likeness (QED) is 0.175. The predicted molar refractivity (Wildman–Crippen MR) is 244 cm³/mol. The van der Waals surface area contributed by atoms with Crippen molar-refractivity contribution in [3.8, 4) is 44.7 Å². The number of anilines is 3. The Morgan fingerprint density at radius 3 is 1.63 bits per heavy atom. The Hall–Kier alpha value is -7.10. The van der Waals surface area contributed by atoms with Crippen molar-refractivity contribution >= 4 is 50.0 Å². The molecule has 2 heterocycles. The van der Waals surface area contributed by atoms with Gasteiger partial charge in [-0.2, -0.15) is 0 Å². The minimum Gasteiger partial charge on any atom is -0.456 e. The van der Waals surface area contributed by atoms with Crippen LogP contribution in [0.3, 0.4) is 0 Å². The van der Waals surface area contributed by atoms with E-state index in [9.17, 15) is 0 Å². The number of furan rings is 2. The molecule has 0 atom stereocenters. The number of nitrogens with zero attached hydrogens (tertiary/aromatic N) is 1. The Morgan fingerprint density at radius 2 is 0.881 bits per heavy atom. The second-order valence-electron chi connectivity index (χ2n) is 17.3. The molecule has 0 N–H and O–H groups in total. The van der Waals surface area contributed by atoms with Crippen molar-refractivity contribution in [3.05, 3.63) is 198 Å². The molecule has 0 unspecified atom stereocenters. The van der Waals surface area contributed by atoms with E-state index < -0.39 is 0 Å². The molecule has 0 aliphatic heterocycles. The first-order valence-corrected chi connectivity index (χ1v) is 20.6. The summed E-state index contributed by atoms with van der Waals surface area (Å²) in [6.45, 7) is 9.35. The van der Waals surface area contributed by atoms with E-state index >= 15 is 0 Å². The molecule has 0 saturated heterocycles. The molecule has 8 aromatic carbocycles. The number of hydrogen-bond acceptors (Lipinski definition) is 3. The SMILES string of the molecule is CC1(C)c2ccccc2-c2ccc(N(c3ccc(-c4ccc5c(c4)C(C)(C)c4c-5oc5ccccc45)cc3)c3ccc(-c4ccc5oc6ccccc6c5c4)cc3)cc21. The smallest absolute Gasteiger partial charge is 0.139 e. The van der Waals surface area contributed by atoms with Crippen LogP contribution in [0.2, 0.25) is 0 Å². The molecule has 12 rings (SSSR count). The summed E-state index contributed by atoms with van der Waals surface area (Å²) >= 11 is 0. The summed E-state index contributed by atoms with van der Waals surface area (Å²) in [7, 11) is 0. The van der Waals surface area contributed by atoms with Crippen LogP contribution in [0.25, 0.3) is 77.6 Å². The van der Waals surface area contributed by atoms with Gasteiger partial charge in [0.2, 0.25) is 0 Å². The van der Waals surface area contributed by atoms with Crippen molar-refractivity contribution in [2.75, 3.05) is 4.90 Å². The summed E-state index contributed by atoms with van der Waals surface area (Å²) in [5, 5.41) is 3.48. The molecule has 0 bridgehead atoms. The second kappa shape index (κ2) is 12.2. The summed E-state index contributed by atoms with van der Waals surface area (Å²) in [4.78, 5) is 2.40. The van der Waals surface area contributed by atoms with E-state index in [1.165, 1.54) is 55.5 Å². The Balaban J connectivity index is 0.938. The van der Waals surface area contributed by atoms with E-state index in [1.54, 1.807) is 0 Å². The third-order valence-corrected chi connectivity index (χ3v) is 13.3. The monoisotopic (exact) mass is 759 g/mol. The van der Waals surface area contributed by atoms with Gasteiger partial charge < -0.3 is 13.7 Å². The first kappa shape index (κ1) is 34.0. The third-order valence-electron chi connectivity index (χ3n) is 13.3. The molecule has 0 amide bonds. The number of fused-ring (bicyclic) bond motifs is 11. The highest BCUT2D eigenvalue weighted by atomic mass is 16.3. The molecule has 3 heteroatoms. The molecular formula is C56H41NO2. The summed E-state index contributed by atoms with van der Waals surface area (Å²) in [5.41, 5.74) is 19.7.